The molecule has 4 N–H and O–H groups in total. The van der Waals surface area contributed by atoms with Gasteiger partial charge in [0.15, 0.2) is 5.96 Å². The van der Waals surface area contributed by atoms with Gasteiger partial charge in [-0.2, -0.15) is 0 Å². The molecule has 0 heterocycles. The van der Waals surface area contributed by atoms with Gasteiger partial charge in [0.2, 0.25) is 0 Å². The van der Waals surface area contributed by atoms with Gasteiger partial charge in [-0.15, -0.1) is 0 Å². The Hall–Kier alpha value is -2.04. The molecule has 110 valence electrons. The van der Waals surface area contributed by atoms with E-state index in [2.05, 4.69) is 22.5 Å². The highest BCUT2D eigenvalue weighted by Gasteiger charge is 2.04. The van der Waals surface area contributed by atoms with Crippen LogP contribution >= 0.6 is 0 Å². The minimum atomic E-state index is -0.0465. The molecule has 0 fully saturated rings. The summed E-state index contributed by atoms with van der Waals surface area (Å²) in [5, 5.41) is 5.87. The number of benzene rings is 1. The van der Waals surface area contributed by atoms with Gasteiger partial charge in [0, 0.05) is 18.7 Å². The van der Waals surface area contributed by atoms with Crippen molar-refractivity contribution in [2.45, 2.75) is 33.2 Å². The zero-order valence-corrected chi connectivity index (χ0v) is 12.3. The molecule has 1 aromatic rings. The van der Waals surface area contributed by atoms with Gasteiger partial charge in [-0.05, 0) is 30.5 Å². The summed E-state index contributed by atoms with van der Waals surface area (Å²) < 4.78 is 0. The normalized spacial score (nSPS) is 11.2. The number of hydrogen-bond donors (Lipinski definition) is 3. The molecule has 0 bridgehead atoms. The Morgan fingerprint density at radius 1 is 1.20 bits per heavy atom. The SMILES string of the molecule is CCCNC(=O)c1cccc(CN=C(N)NCCC)c1. The average molecular weight is 276 g/mol. The molecule has 5 nitrogen and oxygen atoms in total. The molecule has 0 aromatic heterocycles. The predicted molar refractivity (Wildman–Crippen MR) is 82.7 cm³/mol. The lowest BCUT2D eigenvalue weighted by Gasteiger charge is -2.06. The smallest absolute Gasteiger partial charge is 0.251 e. The molecule has 0 aliphatic heterocycles. The van der Waals surface area contributed by atoms with Crippen LogP contribution in [0.5, 0.6) is 0 Å². The molecular weight excluding hydrogens is 252 g/mol. The third-order valence-electron chi connectivity index (χ3n) is 2.71. The van der Waals surface area contributed by atoms with Gasteiger partial charge in [-0.1, -0.05) is 26.0 Å². The van der Waals surface area contributed by atoms with Crippen molar-refractivity contribution in [3.63, 3.8) is 0 Å². The highest BCUT2D eigenvalue weighted by atomic mass is 16.1. The Balaban J connectivity index is 2.61. The van der Waals surface area contributed by atoms with E-state index in [9.17, 15) is 4.79 Å². The van der Waals surface area contributed by atoms with E-state index in [4.69, 9.17) is 5.73 Å². The van der Waals surface area contributed by atoms with Crippen LogP contribution in [0, 0.1) is 0 Å². The molecule has 0 saturated carbocycles. The lowest BCUT2D eigenvalue weighted by atomic mass is 10.1. The van der Waals surface area contributed by atoms with Gasteiger partial charge in [-0.3, -0.25) is 4.79 Å². The van der Waals surface area contributed by atoms with Crippen LogP contribution < -0.4 is 16.4 Å². The van der Waals surface area contributed by atoms with Crippen molar-refractivity contribution in [3.8, 4) is 0 Å². The van der Waals surface area contributed by atoms with Crippen LogP contribution in [0.25, 0.3) is 0 Å². The third-order valence-corrected chi connectivity index (χ3v) is 2.71. The molecule has 0 aliphatic carbocycles. The van der Waals surface area contributed by atoms with E-state index < -0.39 is 0 Å². The van der Waals surface area contributed by atoms with Gasteiger partial charge < -0.3 is 16.4 Å². The van der Waals surface area contributed by atoms with Crippen molar-refractivity contribution in [1.29, 1.82) is 0 Å². The number of guanidine groups is 1. The molecule has 1 rings (SSSR count). The van der Waals surface area contributed by atoms with E-state index >= 15 is 0 Å². The number of carbonyl (C=O) groups is 1. The number of carbonyl (C=O) groups excluding carboxylic acids is 1. The number of nitrogens with one attached hydrogen (secondary N) is 2. The third kappa shape index (κ3) is 5.73. The Morgan fingerprint density at radius 2 is 1.90 bits per heavy atom. The second kappa shape index (κ2) is 8.96. The Morgan fingerprint density at radius 3 is 2.60 bits per heavy atom. The summed E-state index contributed by atoms with van der Waals surface area (Å²) in [7, 11) is 0. The van der Waals surface area contributed by atoms with Gasteiger partial charge in [0.25, 0.3) is 5.91 Å². The maximum absolute atomic E-state index is 11.9. The maximum atomic E-state index is 11.9. The van der Waals surface area contributed by atoms with Gasteiger partial charge in [-0.25, -0.2) is 4.99 Å². The first-order chi connectivity index (χ1) is 9.67. The van der Waals surface area contributed by atoms with Crippen molar-refractivity contribution in [1.82, 2.24) is 10.6 Å². The predicted octanol–water partition coefficient (Wildman–Crippen LogP) is 1.64. The number of amides is 1. The molecule has 0 atom stereocenters. The summed E-state index contributed by atoms with van der Waals surface area (Å²) >= 11 is 0. The summed E-state index contributed by atoms with van der Waals surface area (Å²) in [5.74, 6) is 0.391. The van der Waals surface area contributed by atoms with Crippen LogP contribution in [-0.2, 0) is 6.54 Å². The largest absolute Gasteiger partial charge is 0.370 e. The first-order valence-electron chi connectivity index (χ1n) is 7.08. The van der Waals surface area contributed by atoms with Gasteiger partial charge in [0.1, 0.15) is 0 Å². The minimum absolute atomic E-state index is 0.0465. The zero-order chi connectivity index (χ0) is 14.8. The summed E-state index contributed by atoms with van der Waals surface area (Å²) in [6.07, 6.45) is 1.93. The summed E-state index contributed by atoms with van der Waals surface area (Å²) in [6, 6.07) is 7.45. The second-order valence-corrected chi connectivity index (χ2v) is 4.58. The fourth-order valence-electron chi connectivity index (χ4n) is 1.64. The van der Waals surface area contributed by atoms with E-state index in [-0.39, 0.29) is 5.91 Å². The quantitative estimate of drug-likeness (QED) is 0.523. The van der Waals surface area contributed by atoms with Crippen molar-refractivity contribution in [3.05, 3.63) is 35.4 Å². The zero-order valence-electron chi connectivity index (χ0n) is 12.3. The molecular formula is C15H24N4O. The molecule has 1 aromatic carbocycles. The van der Waals surface area contributed by atoms with E-state index in [1.165, 1.54) is 0 Å². The molecule has 1 amide bonds. The number of rotatable bonds is 7. The van der Waals surface area contributed by atoms with Crippen LogP contribution in [0.15, 0.2) is 29.3 Å². The molecule has 20 heavy (non-hydrogen) atoms. The Kier molecular flexibility index (Phi) is 7.17. The molecule has 0 saturated heterocycles. The fraction of sp³-hybridized carbons (Fsp3) is 0.467. The molecule has 0 aliphatic rings. The number of nitrogens with two attached hydrogens (primary N) is 1. The number of hydrogen-bond acceptors (Lipinski definition) is 2. The molecule has 0 unspecified atom stereocenters. The van der Waals surface area contributed by atoms with Gasteiger partial charge in [0.05, 0.1) is 6.54 Å². The van der Waals surface area contributed by atoms with E-state index in [0.29, 0.717) is 24.6 Å². The lowest BCUT2D eigenvalue weighted by Crippen LogP contribution is -2.32. The first kappa shape index (κ1) is 16.0. The topological polar surface area (TPSA) is 79.5 Å². The second-order valence-electron chi connectivity index (χ2n) is 4.58. The number of nitrogens with zero attached hydrogens (tertiary/aromatic N) is 1. The summed E-state index contributed by atoms with van der Waals surface area (Å²) in [6.45, 7) is 6.07. The van der Waals surface area contributed by atoms with Crippen molar-refractivity contribution < 1.29 is 4.79 Å². The van der Waals surface area contributed by atoms with Crippen molar-refractivity contribution in [2.75, 3.05) is 13.1 Å². The average Bonchev–Trinajstić information content (AvgIpc) is 2.48. The standard InChI is InChI=1S/C15H24N4O/c1-3-8-17-14(20)13-7-5-6-12(10-13)11-19-15(16)18-9-4-2/h5-7,10H,3-4,8-9,11H2,1-2H3,(H,17,20)(H3,16,18,19). The summed E-state index contributed by atoms with van der Waals surface area (Å²) in [5.41, 5.74) is 7.36. The van der Waals surface area contributed by atoms with Crippen LogP contribution in [0.1, 0.15) is 42.6 Å². The lowest BCUT2D eigenvalue weighted by molar-refractivity contribution is 0.0953. The van der Waals surface area contributed by atoms with Crippen molar-refractivity contribution in [2.24, 2.45) is 10.7 Å². The minimum Gasteiger partial charge on any atom is -0.370 e. The monoisotopic (exact) mass is 276 g/mol. The van der Waals surface area contributed by atoms with Crippen LogP contribution in [0.4, 0.5) is 0 Å². The number of aliphatic imine (C=N–C) groups is 1. The van der Waals surface area contributed by atoms with E-state index in [1.807, 2.05) is 25.1 Å². The van der Waals surface area contributed by atoms with Crippen LogP contribution in [-0.4, -0.2) is 25.0 Å². The summed E-state index contributed by atoms with van der Waals surface area (Å²) in [4.78, 5) is 16.1. The van der Waals surface area contributed by atoms with Gasteiger partial charge >= 0.3 is 0 Å². The van der Waals surface area contributed by atoms with E-state index in [0.717, 1.165) is 24.9 Å². The highest BCUT2D eigenvalue weighted by molar-refractivity contribution is 5.94. The van der Waals surface area contributed by atoms with E-state index in [1.54, 1.807) is 6.07 Å². The van der Waals surface area contributed by atoms with Crippen LogP contribution in [0.3, 0.4) is 0 Å². The Labute approximate surface area is 120 Å². The maximum Gasteiger partial charge on any atom is 0.251 e. The Bertz CT molecular complexity index is 457. The first-order valence-corrected chi connectivity index (χ1v) is 7.08. The fourth-order valence-corrected chi connectivity index (χ4v) is 1.64. The van der Waals surface area contributed by atoms with Crippen molar-refractivity contribution >= 4 is 11.9 Å². The highest BCUT2D eigenvalue weighted by Crippen LogP contribution is 2.06. The molecule has 5 heteroatoms. The van der Waals surface area contributed by atoms with Crippen LogP contribution in [0.2, 0.25) is 0 Å². The molecule has 0 radical (unpaired) electrons. The molecule has 0 spiro atoms.